The molecule has 0 saturated carbocycles. The third kappa shape index (κ3) is 6.04. The minimum absolute atomic E-state index is 0.103. The molecule has 0 spiro atoms. The molecule has 1 heterocycles. The highest BCUT2D eigenvalue weighted by Crippen LogP contribution is 2.44. The number of allylic oxidation sites excluding steroid dienone is 1. The largest absolute Gasteiger partial charge is 0.497 e. The summed E-state index contributed by atoms with van der Waals surface area (Å²) in [5, 5.41) is 0. The summed E-state index contributed by atoms with van der Waals surface area (Å²) in [6, 6.07) is 19.5. The van der Waals surface area contributed by atoms with Crippen LogP contribution in [0, 0.1) is 0 Å². The van der Waals surface area contributed by atoms with E-state index in [1.165, 1.54) is 0 Å². The van der Waals surface area contributed by atoms with Crippen molar-refractivity contribution in [1.82, 2.24) is 4.90 Å². The van der Waals surface area contributed by atoms with Crippen molar-refractivity contribution in [3.8, 4) is 23.0 Å². The highest BCUT2D eigenvalue weighted by atomic mass is 19.3. The van der Waals surface area contributed by atoms with Crippen LogP contribution in [0.5, 0.6) is 23.0 Å². The number of fused-ring (bicyclic) bond motifs is 1. The van der Waals surface area contributed by atoms with Gasteiger partial charge in [0.25, 0.3) is 0 Å². The minimum Gasteiger partial charge on any atom is -0.497 e. The summed E-state index contributed by atoms with van der Waals surface area (Å²) >= 11 is 0. The van der Waals surface area contributed by atoms with Crippen molar-refractivity contribution in [2.24, 2.45) is 0 Å². The first kappa shape index (κ1) is 27.0. The number of hydrogen-bond acceptors (Lipinski definition) is 5. The summed E-state index contributed by atoms with van der Waals surface area (Å²) in [7, 11) is 3.31. The van der Waals surface area contributed by atoms with Gasteiger partial charge in [-0.05, 0) is 96.3 Å². The summed E-state index contributed by atoms with van der Waals surface area (Å²) in [6.07, 6.45) is 4.14. The van der Waals surface area contributed by atoms with E-state index in [0.29, 0.717) is 6.42 Å². The third-order valence-electron chi connectivity index (χ3n) is 7.63. The highest BCUT2D eigenvalue weighted by molar-refractivity contribution is 6.01. The Balaban J connectivity index is 1.52. The van der Waals surface area contributed by atoms with Gasteiger partial charge in [-0.3, -0.25) is 14.2 Å². The second-order valence-electron chi connectivity index (χ2n) is 10.1. The number of alkyl halides is 1. The predicted octanol–water partition coefficient (Wildman–Crippen LogP) is 7.08. The maximum Gasteiger partial charge on any atom is 0.172 e. The van der Waals surface area contributed by atoms with E-state index in [1.54, 1.807) is 26.4 Å². The van der Waals surface area contributed by atoms with Crippen LogP contribution in [0.1, 0.15) is 47.9 Å². The van der Waals surface area contributed by atoms with Gasteiger partial charge in [0.15, 0.2) is 5.75 Å². The number of aryl methyl sites for hydroxylation is 1. The maximum absolute atomic E-state index is 13.1. The van der Waals surface area contributed by atoms with E-state index in [0.717, 1.165) is 96.0 Å². The molecule has 0 amide bonds. The molecule has 1 fully saturated rings. The van der Waals surface area contributed by atoms with E-state index >= 15 is 0 Å². The van der Waals surface area contributed by atoms with Gasteiger partial charge in [0, 0.05) is 35.8 Å². The molecule has 3 aromatic rings. The first-order valence-electron chi connectivity index (χ1n) is 13.6. The lowest BCUT2D eigenvalue weighted by Gasteiger charge is -2.20. The Bertz CT molecular complexity index is 1310. The summed E-state index contributed by atoms with van der Waals surface area (Å²) in [5.41, 5.74) is 6.39. The molecule has 0 aromatic heterocycles. The molecule has 5 nitrogen and oxygen atoms in total. The van der Waals surface area contributed by atoms with E-state index in [2.05, 4.69) is 22.0 Å². The van der Waals surface area contributed by atoms with E-state index in [1.807, 2.05) is 36.4 Å². The van der Waals surface area contributed by atoms with Gasteiger partial charge in [0.1, 0.15) is 23.4 Å². The summed E-state index contributed by atoms with van der Waals surface area (Å²) < 4.78 is 43.1. The molecular weight excluding hydrogens is 500 g/mol. The van der Waals surface area contributed by atoms with Gasteiger partial charge in [-0.2, -0.15) is 0 Å². The third-order valence-corrected chi connectivity index (χ3v) is 7.63. The van der Waals surface area contributed by atoms with Crippen molar-refractivity contribution in [3.63, 3.8) is 0 Å². The SMILES string of the molecule is COc1ccc(C2=C(c3ccc(O[C@H]4CCN(CCCF)C4)cc3)c3ccc(OF)cc3CCC2)c(OC)c1. The van der Waals surface area contributed by atoms with E-state index in [4.69, 9.17) is 14.2 Å². The maximum atomic E-state index is 13.1. The summed E-state index contributed by atoms with van der Waals surface area (Å²) in [4.78, 5) is 6.31. The quantitative estimate of drug-likeness (QED) is 0.278. The first-order valence-corrected chi connectivity index (χ1v) is 13.6. The van der Waals surface area contributed by atoms with Gasteiger partial charge in [-0.1, -0.05) is 18.2 Å². The predicted molar refractivity (Wildman–Crippen MR) is 149 cm³/mol. The van der Waals surface area contributed by atoms with E-state index < -0.39 is 0 Å². The molecule has 3 aromatic carbocycles. The zero-order valence-corrected chi connectivity index (χ0v) is 22.6. The van der Waals surface area contributed by atoms with Crippen LogP contribution in [0.4, 0.5) is 8.92 Å². The molecule has 0 N–H and O–H groups in total. The lowest BCUT2D eigenvalue weighted by atomic mass is 9.87. The van der Waals surface area contributed by atoms with Crippen LogP contribution >= 0.6 is 0 Å². The van der Waals surface area contributed by atoms with Crippen LogP contribution in [0.3, 0.4) is 0 Å². The Kier molecular flexibility index (Phi) is 8.67. The minimum atomic E-state index is -0.283. The van der Waals surface area contributed by atoms with Crippen molar-refractivity contribution in [1.29, 1.82) is 0 Å². The molecule has 1 saturated heterocycles. The second kappa shape index (κ2) is 12.5. The number of nitrogens with zero attached hydrogens (tertiary/aromatic N) is 1. The molecule has 206 valence electrons. The van der Waals surface area contributed by atoms with Gasteiger partial charge in [0.2, 0.25) is 0 Å². The Morgan fingerprint density at radius 1 is 0.872 bits per heavy atom. The summed E-state index contributed by atoms with van der Waals surface area (Å²) in [6.45, 7) is 2.25. The van der Waals surface area contributed by atoms with Gasteiger partial charge in [-0.15, -0.1) is 0 Å². The van der Waals surface area contributed by atoms with Crippen molar-refractivity contribution < 1.29 is 28.1 Å². The Morgan fingerprint density at radius 2 is 1.64 bits per heavy atom. The van der Waals surface area contributed by atoms with Crippen LogP contribution in [0.25, 0.3) is 11.1 Å². The molecule has 1 aliphatic carbocycles. The number of hydrogen-bond donors (Lipinski definition) is 0. The van der Waals surface area contributed by atoms with Crippen molar-refractivity contribution in [2.75, 3.05) is 40.5 Å². The molecule has 0 unspecified atom stereocenters. The fourth-order valence-corrected chi connectivity index (χ4v) is 5.73. The van der Waals surface area contributed by atoms with Crippen molar-refractivity contribution in [3.05, 3.63) is 82.9 Å². The lowest BCUT2D eigenvalue weighted by molar-refractivity contribution is -0.00629. The molecule has 0 bridgehead atoms. The number of ether oxygens (including phenoxy) is 3. The van der Waals surface area contributed by atoms with Crippen molar-refractivity contribution in [2.45, 2.75) is 38.2 Å². The molecule has 5 rings (SSSR count). The molecular formula is C32H35F2NO4. The van der Waals surface area contributed by atoms with Gasteiger partial charge in [0.05, 0.1) is 20.9 Å². The number of rotatable bonds is 10. The lowest BCUT2D eigenvalue weighted by Crippen LogP contribution is -2.26. The zero-order chi connectivity index (χ0) is 27.2. The average molecular weight is 536 g/mol. The molecule has 1 atom stereocenters. The van der Waals surface area contributed by atoms with Crippen LogP contribution in [-0.4, -0.2) is 51.5 Å². The molecule has 2 aliphatic rings. The van der Waals surface area contributed by atoms with E-state index in [-0.39, 0.29) is 18.5 Å². The second-order valence-corrected chi connectivity index (χ2v) is 10.1. The molecule has 0 radical (unpaired) electrons. The number of likely N-dealkylation sites (tertiary alicyclic amines) is 1. The number of benzene rings is 3. The summed E-state index contributed by atoms with van der Waals surface area (Å²) in [5.74, 6) is 2.50. The highest BCUT2D eigenvalue weighted by Gasteiger charge is 2.25. The monoisotopic (exact) mass is 535 g/mol. The fourth-order valence-electron chi connectivity index (χ4n) is 5.73. The van der Waals surface area contributed by atoms with Crippen LogP contribution < -0.4 is 19.2 Å². The topological polar surface area (TPSA) is 40.2 Å². The van der Waals surface area contributed by atoms with Gasteiger partial charge < -0.3 is 14.2 Å². The van der Waals surface area contributed by atoms with Crippen LogP contribution in [0.15, 0.2) is 60.7 Å². The molecule has 1 aliphatic heterocycles. The smallest absolute Gasteiger partial charge is 0.172 e. The van der Waals surface area contributed by atoms with Crippen molar-refractivity contribution >= 4 is 11.1 Å². The number of halogens is 2. The number of methoxy groups -OCH3 is 2. The van der Waals surface area contributed by atoms with Crippen LogP contribution in [0.2, 0.25) is 0 Å². The van der Waals surface area contributed by atoms with Gasteiger partial charge >= 0.3 is 0 Å². The molecule has 39 heavy (non-hydrogen) atoms. The van der Waals surface area contributed by atoms with E-state index in [9.17, 15) is 8.92 Å². The Labute approximate surface area is 228 Å². The Hall–Kier alpha value is -3.58. The zero-order valence-electron chi connectivity index (χ0n) is 22.6. The Morgan fingerprint density at radius 3 is 2.38 bits per heavy atom. The normalized spacial score (nSPS) is 17.5. The van der Waals surface area contributed by atoms with Gasteiger partial charge in [-0.25, -0.2) is 0 Å². The first-order chi connectivity index (χ1) is 19.1. The fraction of sp³-hybridized carbons (Fsp3) is 0.375. The average Bonchev–Trinajstić information content (AvgIpc) is 3.34. The van der Waals surface area contributed by atoms with Crippen LogP contribution in [-0.2, 0) is 6.42 Å². The standard InChI is InChI=1S/C32H35F2NO4/c1-36-25-11-14-29(31(20-25)37-2)30-6-3-5-23-19-26(39-34)12-13-28(23)32(30)22-7-9-24(10-8-22)38-27-15-18-35(21-27)17-4-16-33/h7-14,19-20,27H,3-6,15-18,21H2,1-2H3/t27-/m0/s1. The molecule has 7 heteroatoms.